The molecule has 1 heterocycles. The third-order valence-electron chi connectivity index (χ3n) is 6.29. The fourth-order valence-corrected chi connectivity index (χ4v) is 4.39. The van der Waals surface area contributed by atoms with Gasteiger partial charge in [-0.15, -0.1) is 0 Å². The molecule has 0 spiro atoms. The van der Waals surface area contributed by atoms with E-state index in [-0.39, 0.29) is 24.8 Å². The summed E-state index contributed by atoms with van der Waals surface area (Å²) in [5, 5.41) is 2.68. The smallest absolute Gasteiger partial charge is 0.291 e. The Balaban J connectivity index is 1.93. The number of ketones is 1. The number of hydrogen-bond acceptors (Lipinski definition) is 5. The van der Waals surface area contributed by atoms with E-state index >= 15 is 0 Å². The SMILES string of the molecule is CC(=O)N1C=C(c2ccccc2)N(CC(=O)NC(Cc2ccccc2)C(=O)C(=O)N(C)C)C(=O)C1C(C)C. The number of rotatable bonds is 9. The minimum Gasteiger partial charge on any atom is -0.344 e. The molecule has 200 valence electrons. The lowest BCUT2D eigenvalue weighted by molar-refractivity contribution is -0.146. The molecule has 1 aliphatic rings. The molecule has 1 N–H and O–H groups in total. The number of nitrogens with zero attached hydrogens (tertiary/aromatic N) is 3. The van der Waals surface area contributed by atoms with Crippen molar-refractivity contribution in [2.24, 2.45) is 5.92 Å². The van der Waals surface area contributed by atoms with Crippen molar-refractivity contribution in [3.63, 3.8) is 0 Å². The van der Waals surface area contributed by atoms with Gasteiger partial charge < -0.3 is 15.1 Å². The summed E-state index contributed by atoms with van der Waals surface area (Å²) in [6.45, 7) is 4.67. The summed E-state index contributed by atoms with van der Waals surface area (Å²) in [7, 11) is 2.94. The van der Waals surface area contributed by atoms with E-state index in [0.717, 1.165) is 5.56 Å². The first kappa shape index (κ1) is 28.3. The minimum absolute atomic E-state index is 0.118. The van der Waals surface area contributed by atoms with E-state index in [4.69, 9.17) is 0 Å². The Labute approximate surface area is 223 Å². The molecule has 2 unspecified atom stereocenters. The van der Waals surface area contributed by atoms with Gasteiger partial charge in [0, 0.05) is 33.6 Å². The largest absolute Gasteiger partial charge is 0.344 e. The van der Waals surface area contributed by atoms with Gasteiger partial charge in [-0.25, -0.2) is 0 Å². The van der Waals surface area contributed by atoms with E-state index < -0.39 is 35.6 Å². The van der Waals surface area contributed by atoms with Crippen molar-refractivity contribution in [3.8, 4) is 0 Å². The Morgan fingerprint density at radius 2 is 1.53 bits per heavy atom. The van der Waals surface area contributed by atoms with Crippen molar-refractivity contribution in [2.45, 2.75) is 39.3 Å². The molecule has 3 rings (SSSR count). The highest BCUT2D eigenvalue weighted by Gasteiger charge is 2.40. The first-order valence-electron chi connectivity index (χ1n) is 12.5. The molecule has 2 aromatic carbocycles. The topological polar surface area (TPSA) is 107 Å². The van der Waals surface area contributed by atoms with Gasteiger partial charge in [0.05, 0.1) is 5.70 Å². The van der Waals surface area contributed by atoms with Crippen LogP contribution in [-0.4, -0.2) is 76.8 Å². The highest BCUT2D eigenvalue weighted by molar-refractivity contribution is 6.38. The van der Waals surface area contributed by atoms with Gasteiger partial charge >= 0.3 is 0 Å². The fraction of sp³-hybridized carbons (Fsp3) is 0.345. The molecule has 0 radical (unpaired) electrons. The van der Waals surface area contributed by atoms with Crippen LogP contribution in [0.15, 0.2) is 66.9 Å². The normalized spacial score (nSPS) is 16.1. The van der Waals surface area contributed by atoms with Crippen LogP contribution in [0.1, 0.15) is 31.9 Å². The predicted molar refractivity (Wildman–Crippen MR) is 143 cm³/mol. The van der Waals surface area contributed by atoms with E-state index in [1.807, 2.05) is 38.1 Å². The number of carbonyl (C=O) groups excluding carboxylic acids is 5. The first-order valence-corrected chi connectivity index (χ1v) is 12.5. The Kier molecular flexibility index (Phi) is 9.17. The second-order valence-corrected chi connectivity index (χ2v) is 9.79. The predicted octanol–water partition coefficient (Wildman–Crippen LogP) is 2.09. The van der Waals surface area contributed by atoms with Crippen LogP contribution in [0.3, 0.4) is 0 Å². The van der Waals surface area contributed by atoms with Crippen LogP contribution < -0.4 is 5.32 Å². The zero-order chi connectivity index (χ0) is 28.0. The number of amides is 4. The molecule has 0 fully saturated rings. The Hall–Kier alpha value is -4.27. The average molecular weight is 519 g/mol. The van der Waals surface area contributed by atoms with Gasteiger partial charge in [-0.2, -0.15) is 0 Å². The molecule has 4 amide bonds. The van der Waals surface area contributed by atoms with Crippen molar-refractivity contribution < 1.29 is 24.0 Å². The number of carbonyl (C=O) groups is 5. The van der Waals surface area contributed by atoms with Gasteiger partial charge in [-0.1, -0.05) is 74.5 Å². The van der Waals surface area contributed by atoms with E-state index in [1.165, 1.54) is 35.7 Å². The van der Waals surface area contributed by atoms with Gasteiger partial charge in [-0.3, -0.25) is 28.9 Å². The highest BCUT2D eigenvalue weighted by atomic mass is 16.2. The number of benzene rings is 2. The third kappa shape index (κ3) is 6.53. The van der Waals surface area contributed by atoms with Crippen molar-refractivity contribution in [1.82, 2.24) is 20.0 Å². The molecule has 2 atom stereocenters. The first-order chi connectivity index (χ1) is 18.0. The van der Waals surface area contributed by atoms with E-state index in [2.05, 4.69) is 5.32 Å². The van der Waals surface area contributed by atoms with E-state index in [0.29, 0.717) is 11.3 Å². The standard InChI is InChI=1S/C29H34N4O5/c1-19(2)26-28(37)33(24(17-32(26)20(3)34)22-14-10-7-11-15-22)18-25(35)30-23(27(36)29(38)31(4)5)16-21-12-8-6-9-13-21/h6-15,17,19,23,26H,16,18H2,1-5H3,(H,30,35). The molecule has 9 heteroatoms. The maximum absolute atomic E-state index is 13.7. The molecular weight excluding hydrogens is 484 g/mol. The zero-order valence-corrected chi connectivity index (χ0v) is 22.4. The summed E-state index contributed by atoms with van der Waals surface area (Å²) in [5.74, 6) is -2.98. The molecule has 9 nitrogen and oxygen atoms in total. The molecular formula is C29H34N4O5. The number of Topliss-reactive ketones (excluding diaryl/α,β-unsaturated/α-hetero) is 1. The Bertz CT molecular complexity index is 1220. The maximum atomic E-state index is 13.7. The summed E-state index contributed by atoms with van der Waals surface area (Å²) in [5.41, 5.74) is 1.82. The number of hydrogen-bond donors (Lipinski definition) is 1. The quantitative estimate of drug-likeness (QED) is 0.512. The number of likely N-dealkylation sites (N-methyl/N-ethyl adjacent to an activating group) is 1. The second-order valence-electron chi connectivity index (χ2n) is 9.79. The van der Waals surface area contributed by atoms with Crippen molar-refractivity contribution in [3.05, 3.63) is 78.0 Å². The summed E-state index contributed by atoms with van der Waals surface area (Å²) in [6, 6.07) is 16.2. The zero-order valence-electron chi connectivity index (χ0n) is 22.4. The van der Waals surface area contributed by atoms with Crippen LogP contribution in [0.5, 0.6) is 0 Å². The van der Waals surface area contributed by atoms with Crippen LogP contribution in [0, 0.1) is 5.92 Å². The lowest BCUT2D eigenvalue weighted by Gasteiger charge is -2.40. The molecule has 0 bridgehead atoms. The summed E-state index contributed by atoms with van der Waals surface area (Å²) in [6.07, 6.45) is 1.71. The second kappa shape index (κ2) is 12.3. The van der Waals surface area contributed by atoms with Crippen LogP contribution in [0.25, 0.3) is 5.70 Å². The van der Waals surface area contributed by atoms with Crippen molar-refractivity contribution >= 4 is 35.1 Å². The van der Waals surface area contributed by atoms with Gasteiger partial charge in [0.15, 0.2) is 0 Å². The van der Waals surface area contributed by atoms with Gasteiger partial charge in [0.1, 0.15) is 18.6 Å². The molecule has 38 heavy (non-hydrogen) atoms. The third-order valence-corrected chi connectivity index (χ3v) is 6.29. The molecule has 1 aliphatic heterocycles. The molecule has 0 saturated carbocycles. The minimum atomic E-state index is -1.11. The van der Waals surface area contributed by atoms with Crippen LogP contribution >= 0.6 is 0 Å². The lowest BCUT2D eigenvalue weighted by Crippen LogP contribution is -2.57. The molecule has 0 aliphatic carbocycles. The van der Waals surface area contributed by atoms with Gasteiger partial charge in [0.2, 0.25) is 17.6 Å². The summed E-state index contributed by atoms with van der Waals surface area (Å²) in [4.78, 5) is 68.8. The summed E-state index contributed by atoms with van der Waals surface area (Å²) >= 11 is 0. The monoisotopic (exact) mass is 518 g/mol. The van der Waals surface area contributed by atoms with Crippen LogP contribution in [0.2, 0.25) is 0 Å². The van der Waals surface area contributed by atoms with Crippen LogP contribution in [0.4, 0.5) is 0 Å². The average Bonchev–Trinajstić information content (AvgIpc) is 2.89. The van der Waals surface area contributed by atoms with Gasteiger partial charge in [0.25, 0.3) is 11.8 Å². The van der Waals surface area contributed by atoms with E-state index in [1.54, 1.807) is 42.6 Å². The Morgan fingerprint density at radius 1 is 0.947 bits per heavy atom. The van der Waals surface area contributed by atoms with Crippen LogP contribution in [-0.2, 0) is 30.4 Å². The molecule has 0 saturated heterocycles. The van der Waals surface area contributed by atoms with Crippen molar-refractivity contribution in [1.29, 1.82) is 0 Å². The lowest BCUT2D eigenvalue weighted by atomic mass is 9.97. The van der Waals surface area contributed by atoms with Gasteiger partial charge in [-0.05, 0) is 17.0 Å². The highest BCUT2D eigenvalue weighted by Crippen LogP contribution is 2.30. The van der Waals surface area contributed by atoms with E-state index in [9.17, 15) is 24.0 Å². The number of nitrogens with one attached hydrogen (secondary N) is 1. The fourth-order valence-electron chi connectivity index (χ4n) is 4.39. The molecule has 2 aromatic rings. The molecule has 0 aromatic heterocycles. The Morgan fingerprint density at radius 3 is 2.05 bits per heavy atom. The van der Waals surface area contributed by atoms with Crippen molar-refractivity contribution in [2.75, 3.05) is 20.6 Å². The maximum Gasteiger partial charge on any atom is 0.291 e. The summed E-state index contributed by atoms with van der Waals surface area (Å²) < 4.78 is 0.